The predicted molar refractivity (Wildman–Crippen MR) is 74.9 cm³/mol. The Morgan fingerprint density at radius 3 is 2.94 bits per heavy atom. The van der Waals surface area contributed by atoms with Gasteiger partial charge in [-0.05, 0) is 35.0 Å². The molecule has 0 radical (unpaired) electrons. The van der Waals surface area contributed by atoms with Crippen molar-refractivity contribution >= 4 is 27.3 Å². The summed E-state index contributed by atoms with van der Waals surface area (Å²) in [6, 6.07) is 4.74. The van der Waals surface area contributed by atoms with Gasteiger partial charge in [-0.2, -0.15) is 0 Å². The Bertz CT molecular complexity index is 488. The number of nitrogens with one attached hydrogen (secondary N) is 2. The molecule has 1 aromatic rings. The SMILES string of the molecule is O=[N+]([O-])c1ccc(NCC2=CCNCC2)c(Br)c1. The third-order valence-electron chi connectivity index (χ3n) is 2.83. The van der Waals surface area contributed by atoms with Crippen molar-refractivity contribution in [3.05, 3.63) is 44.4 Å². The summed E-state index contributed by atoms with van der Waals surface area (Å²) in [6.45, 7) is 2.70. The summed E-state index contributed by atoms with van der Waals surface area (Å²) in [5, 5.41) is 17.2. The second kappa shape index (κ2) is 5.97. The Kier molecular flexibility index (Phi) is 4.33. The molecule has 0 spiro atoms. The van der Waals surface area contributed by atoms with E-state index in [-0.39, 0.29) is 5.69 Å². The van der Waals surface area contributed by atoms with Gasteiger partial charge < -0.3 is 10.6 Å². The van der Waals surface area contributed by atoms with Crippen molar-refractivity contribution < 1.29 is 4.92 Å². The first-order valence-electron chi connectivity index (χ1n) is 5.73. The summed E-state index contributed by atoms with van der Waals surface area (Å²) < 4.78 is 0.714. The minimum Gasteiger partial charge on any atom is -0.380 e. The number of hydrogen-bond acceptors (Lipinski definition) is 4. The number of halogens is 1. The molecule has 0 fully saturated rings. The third-order valence-corrected chi connectivity index (χ3v) is 3.48. The molecule has 2 N–H and O–H groups in total. The standard InChI is InChI=1S/C12H14BrN3O2/c13-11-7-10(16(17)18)1-2-12(11)15-8-9-3-5-14-6-4-9/h1-3,7,14-15H,4-6,8H2. The smallest absolute Gasteiger partial charge is 0.270 e. The maximum absolute atomic E-state index is 10.6. The van der Waals surface area contributed by atoms with E-state index in [1.807, 2.05) is 0 Å². The van der Waals surface area contributed by atoms with E-state index in [9.17, 15) is 10.1 Å². The van der Waals surface area contributed by atoms with Crippen LogP contribution in [0.3, 0.4) is 0 Å². The van der Waals surface area contributed by atoms with Gasteiger partial charge in [-0.3, -0.25) is 10.1 Å². The van der Waals surface area contributed by atoms with Gasteiger partial charge in [-0.25, -0.2) is 0 Å². The molecule has 1 aliphatic heterocycles. The molecular weight excluding hydrogens is 298 g/mol. The molecule has 0 amide bonds. The van der Waals surface area contributed by atoms with E-state index in [2.05, 4.69) is 32.6 Å². The second-order valence-electron chi connectivity index (χ2n) is 4.09. The van der Waals surface area contributed by atoms with Crippen LogP contribution in [0.15, 0.2) is 34.3 Å². The van der Waals surface area contributed by atoms with Crippen molar-refractivity contribution in [3.63, 3.8) is 0 Å². The van der Waals surface area contributed by atoms with Gasteiger partial charge in [0.1, 0.15) is 0 Å². The monoisotopic (exact) mass is 311 g/mol. The number of rotatable bonds is 4. The maximum Gasteiger partial charge on any atom is 0.270 e. The minimum absolute atomic E-state index is 0.0912. The lowest BCUT2D eigenvalue weighted by molar-refractivity contribution is -0.384. The highest BCUT2D eigenvalue weighted by atomic mass is 79.9. The molecule has 0 aromatic heterocycles. The topological polar surface area (TPSA) is 67.2 Å². The van der Waals surface area contributed by atoms with Crippen LogP contribution in [0, 0.1) is 10.1 Å². The van der Waals surface area contributed by atoms with Crippen LogP contribution in [-0.4, -0.2) is 24.6 Å². The Morgan fingerprint density at radius 2 is 2.33 bits per heavy atom. The van der Waals surface area contributed by atoms with Crippen molar-refractivity contribution in [2.75, 3.05) is 25.0 Å². The number of nitro benzene ring substituents is 1. The molecule has 5 nitrogen and oxygen atoms in total. The normalized spacial score (nSPS) is 15.1. The number of benzene rings is 1. The number of nitro groups is 1. The zero-order valence-electron chi connectivity index (χ0n) is 9.78. The zero-order valence-corrected chi connectivity index (χ0v) is 11.4. The summed E-state index contributed by atoms with van der Waals surface area (Å²) >= 11 is 3.34. The molecule has 0 atom stereocenters. The number of non-ortho nitro benzene ring substituents is 1. The summed E-state index contributed by atoms with van der Waals surface area (Å²) in [7, 11) is 0. The van der Waals surface area contributed by atoms with E-state index in [0.717, 1.165) is 31.7 Å². The molecule has 96 valence electrons. The first-order valence-corrected chi connectivity index (χ1v) is 6.52. The van der Waals surface area contributed by atoms with Crippen molar-refractivity contribution in [1.29, 1.82) is 0 Å². The first kappa shape index (κ1) is 13.0. The fraction of sp³-hybridized carbons (Fsp3) is 0.333. The molecular formula is C12H14BrN3O2. The average molecular weight is 312 g/mol. The first-order chi connectivity index (χ1) is 8.66. The van der Waals surface area contributed by atoms with Crippen molar-refractivity contribution in [1.82, 2.24) is 5.32 Å². The van der Waals surface area contributed by atoms with E-state index in [4.69, 9.17) is 0 Å². The fourth-order valence-corrected chi connectivity index (χ4v) is 2.31. The van der Waals surface area contributed by atoms with Gasteiger partial charge in [-0.15, -0.1) is 0 Å². The predicted octanol–water partition coefficient (Wildman–Crippen LogP) is 2.69. The lowest BCUT2D eigenvalue weighted by Crippen LogP contribution is -2.23. The van der Waals surface area contributed by atoms with E-state index in [0.29, 0.717) is 4.47 Å². The van der Waals surface area contributed by atoms with Gasteiger partial charge >= 0.3 is 0 Å². The molecule has 0 unspecified atom stereocenters. The molecule has 18 heavy (non-hydrogen) atoms. The number of nitrogens with zero attached hydrogens (tertiary/aromatic N) is 1. The van der Waals surface area contributed by atoms with Crippen molar-refractivity contribution in [2.45, 2.75) is 6.42 Å². The molecule has 1 aliphatic rings. The summed E-state index contributed by atoms with van der Waals surface area (Å²) in [5.74, 6) is 0. The van der Waals surface area contributed by atoms with Crippen LogP contribution in [0.25, 0.3) is 0 Å². The third kappa shape index (κ3) is 3.30. The summed E-state index contributed by atoms with van der Waals surface area (Å²) in [4.78, 5) is 10.2. The van der Waals surface area contributed by atoms with Crippen molar-refractivity contribution in [3.8, 4) is 0 Å². The molecule has 0 bridgehead atoms. The highest BCUT2D eigenvalue weighted by Crippen LogP contribution is 2.27. The molecule has 0 saturated heterocycles. The minimum atomic E-state index is -0.399. The Labute approximate surface area is 114 Å². The lowest BCUT2D eigenvalue weighted by Gasteiger charge is -2.15. The van der Waals surface area contributed by atoms with Crippen LogP contribution < -0.4 is 10.6 Å². The Balaban J connectivity index is 2.01. The van der Waals surface area contributed by atoms with Crippen molar-refractivity contribution in [2.24, 2.45) is 0 Å². The fourth-order valence-electron chi connectivity index (χ4n) is 1.80. The summed E-state index contributed by atoms with van der Waals surface area (Å²) in [5.41, 5.74) is 2.33. The van der Waals surface area contributed by atoms with Crippen LogP contribution in [0.2, 0.25) is 0 Å². The van der Waals surface area contributed by atoms with Gasteiger partial charge in [0, 0.05) is 35.4 Å². The Morgan fingerprint density at radius 1 is 1.50 bits per heavy atom. The van der Waals surface area contributed by atoms with Crippen LogP contribution in [0.4, 0.5) is 11.4 Å². The molecule has 0 saturated carbocycles. The van der Waals surface area contributed by atoms with E-state index < -0.39 is 4.92 Å². The molecule has 0 aliphatic carbocycles. The lowest BCUT2D eigenvalue weighted by atomic mass is 10.1. The van der Waals surface area contributed by atoms with Crippen LogP contribution in [-0.2, 0) is 0 Å². The summed E-state index contributed by atoms with van der Waals surface area (Å²) in [6.07, 6.45) is 3.22. The highest BCUT2D eigenvalue weighted by molar-refractivity contribution is 9.10. The zero-order chi connectivity index (χ0) is 13.0. The highest BCUT2D eigenvalue weighted by Gasteiger charge is 2.09. The molecule has 1 aromatic carbocycles. The van der Waals surface area contributed by atoms with E-state index >= 15 is 0 Å². The molecule has 1 heterocycles. The van der Waals surface area contributed by atoms with Gasteiger partial charge in [-0.1, -0.05) is 11.6 Å². The Hall–Kier alpha value is -1.40. The van der Waals surface area contributed by atoms with Gasteiger partial charge in [0.2, 0.25) is 0 Å². The van der Waals surface area contributed by atoms with Crippen LogP contribution in [0.1, 0.15) is 6.42 Å². The van der Waals surface area contributed by atoms with Gasteiger partial charge in [0.05, 0.1) is 4.92 Å². The molecule has 6 heteroatoms. The van der Waals surface area contributed by atoms with E-state index in [1.165, 1.54) is 17.7 Å². The average Bonchev–Trinajstić information content (AvgIpc) is 2.38. The quantitative estimate of drug-likeness (QED) is 0.509. The number of hydrogen-bond donors (Lipinski definition) is 2. The van der Waals surface area contributed by atoms with Crippen LogP contribution in [0.5, 0.6) is 0 Å². The number of anilines is 1. The van der Waals surface area contributed by atoms with E-state index in [1.54, 1.807) is 6.07 Å². The van der Waals surface area contributed by atoms with Crippen LogP contribution >= 0.6 is 15.9 Å². The van der Waals surface area contributed by atoms with Gasteiger partial charge in [0.15, 0.2) is 0 Å². The second-order valence-corrected chi connectivity index (χ2v) is 4.95. The molecule has 2 rings (SSSR count). The van der Waals surface area contributed by atoms with Gasteiger partial charge in [0.25, 0.3) is 5.69 Å². The largest absolute Gasteiger partial charge is 0.380 e. The maximum atomic E-state index is 10.6.